The fraction of sp³-hybridized carbons (Fsp3) is 0.333. The first-order valence-corrected chi connectivity index (χ1v) is 8.81. The standard InChI is InChI=1S/C21H24N2O3/c1-14(2)23-19(24)12-16-6-4-5-7-18(16)20(23)21(25)22-13-15-8-10-17(26-3)11-9-15/h4-11,14,20H,12-13H2,1-3H3,(H,22,25)/t20-/m0/s1. The van der Waals surface area contributed by atoms with Gasteiger partial charge < -0.3 is 15.0 Å². The average molecular weight is 352 g/mol. The van der Waals surface area contributed by atoms with Gasteiger partial charge >= 0.3 is 0 Å². The van der Waals surface area contributed by atoms with Crippen LogP contribution >= 0.6 is 0 Å². The van der Waals surface area contributed by atoms with Crippen molar-refractivity contribution >= 4 is 11.8 Å². The summed E-state index contributed by atoms with van der Waals surface area (Å²) in [5, 5.41) is 2.98. The molecule has 0 spiro atoms. The molecule has 1 atom stereocenters. The summed E-state index contributed by atoms with van der Waals surface area (Å²) in [5.74, 6) is 0.608. The van der Waals surface area contributed by atoms with Crippen molar-refractivity contribution in [3.05, 3.63) is 65.2 Å². The number of fused-ring (bicyclic) bond motifs is 1. The number of methoxy groups -OCH3 is 1. The monoisotopic (exact) mass is 352 g/mol. The fourth-order valence-electron chi connectivity index (χ4n) is 3.39. The first-order chi connectivity index (χ1) is 12.5. The molecule has 2 aromatic carbocycles. The number of carbonyl (C=O) groups excluding carboxylic acids is 2. The third-order valence-corrected chi connectivity index (χ3v) is 4.69. The molecular weight excluding hydrogens is 328 g/mol. The predicted octanol–water partition coefficient (Wildman–Crippen LogP) is 2.85. The summed E-state index contributed by atoms with van der Waals surface area (Å²) in [6.45, 7) is 4.28. The number of rotatable bonds is 5. The maximum absolute atomic E-state index is 13.0. The number of benzene rings is 2. The molecule has 1 heterocycles. The number of nitrogens with zero attached hydrogens (tertiary/aromatic N) is 1. The van der Waals surface area contributed by atoms with E-state index in [0.29, 0.717) is 13.0 Å². The molecule has 0 aromatic heterocycles. The Hall–Kier alpha value is -2.82. The van der Waals surface area contributed by atoms with E-state index in [1.54, 1.807) is 12.0 Å². The minimum Gasteiger partial charge on any atom is -0.497 e. The van der Waals surface area contributed by atoms with Crippen molar-refractivity contribution < 1.29 is 14.3 Å². The predicted molar refractivity (Wildman–Crippen MR) is 99.7 cm³/mol. The van der Waals surface area contributed by atoms with E-state index in [9.17, 15) is 9.59 Å². The lowest BCUT2D eigenvalue weighted by atomic mass is 9.90. The third-order valence-electron chi connectivity index (χ3n) is 4.69. The Kier molecular flexibility index (Phi) is 5.26. The van der Waals surface area contributed by atoms with Crippen LogP contribution in [0, 0.1) is 0 Å². The van der Waals surface area contributed by atoms with Gasteiger partial charge in [0.2, 0.25) is 11.8 Å². The van der Waals surface area contributed by atoms with Crippen LogP contribution in [0.1, 0.15) is 36.6 Å². The van der Waals surface area contributed by atoms with Crippen molar-refractivity contribution in [3.63, 3.8) is 0 Å². The SMILES string of the molecule is COc1ccc(CNC(=O)[C@@H]2c3ccccc3CC(=O)N2C(C)C)cc1. The molecule has 0 unspecified atom stereocenters. The topological polar surface area (TPSA) is 58.6 Å². The lowest BCUT2D eigenvalue weighted by Crippen LogP contribution is -2.50. The van der Waals surface area contributed by atoms with E-state index in [-0.39, 0.29) is 17.9 Å². The van der Waals surface area contributed by atoms with Crippen LogP contribution in [0.4, 0.5) is 0 Å². The van der Waals surface area contributed by atoms with Gasteiger partial charge in [0.15, 0.2) is 0 Å². The fourth-order valence-corrected chi connectivity index (χ4v) is 3.39. The number of ether oxygens (including phenoxy) is 1. The van der Waals surface area contributed by atoms with Gasteiger partial charge in [-0.05, 0) is 42.7 Å². The molecule has 3 rings (SSSR count). The molecule has 0 fully saturated rings. The normalized spacial score (nSPS) is 16.4. The number of hydrogen-bond donors (Lipinski definition) is 1. The molecule has 26 heavy (non-hydrogen) atoms. The summed E-state index contributed by atoms with van der Waals surface area (Å²) in [6, 6.07) is 14.6. The Morgan fingerprint density at radius 1 is 1.19 bits per heavy atom. The Bertz CT molecular complexity index is 799. The highest BCUT2D eigenvalue weighted by Gasteiger charge is 2.38. The second-order valence-electron chi connectivity index (χ2n) is 6.74. The molecule has 1 aliphatic rings. The van der Waals surface area contributed by atoms with E-state index in [1.165, 1.54) is 0 Å². The van der Waals surface area contributed by atoms with Crippen molar-refractivity contribution in [2.45, 2.75) is 38.9 Å². The van der Waals surface area contributed by atoms with Crippen molar-refractivity contribution in [2.24, 2.45) is 0 Å². The Morgan fingerprint density at radius 2 is 1.88 bits per heavy atom. The maximum atomic E-state index is 13.0. The highest BCUT2D eigenvalue weighted by Crippen LogP contribution is 2.32. The molecule has 0 aliphatic carbocycles. The van der Waals surface area contributed by atoms with Gasteiger partial charge in [-0.1, -0.05) is 36.4 Å². The van der Waals surface area contributed by atoms with Gasteiger partial charge in [0.05, 0.1) is 13.5 Å². The summed E-state index contributed by atoms with van der Waals surface area (Å²) in [7, 11) is 1.62. The average Bonchev–Trinajstić information content (AvgIpc) is 2.65. The molecule has 136 valence electrons. The molecule has 0 bridgehead atoms. The zero-order chi connectivity index (χ0) is 18.7. The quantitative estimate of drug-likeness (QED) is 0.900. The van der Waals surface area contributed by atoms with Crippen LogP contribution < -0.4 is 10.1 Å². The van der Waals surface area contributed by atoms with Gasteiger partial charge in [0.1, 0.15) is 11.8 Å². The largest absolute Gasteiger partial charge is 0.497 e. The first-order valence-electron chi connectivity index (χ1n) is 8.81. The highest BCUT2D eigenvalue weighted by atomic mass is 16.5. The van der Waals surface area contributed by atoms with Crippen molar-refractivity contribution in [2.75, 3.05) is 7.11 Å². The van der Waals surface area contributed by atoms with Crippen LogP contribution in [0.2, 0.25) is 0 Å². The van der Waals surface area contributed by atoms with E-state index in [2.05, 4.69) is 5.32 Å². The molecule has 0 radical (unpaired) electrons. The lowest BCUT2D eigenvalue weighted by Gasteiger charge is -2.39. The summed E-state index contributed by atoms with van der Waals surface area (Å²) >= 11 is 0. The molecule has 1 N–H and O–H groups in total. The summed E-state index contributed by atoms with van der Waals surface area (Å²) in [4.78, 5) is 27.3. The van der Waals surface area contributed by atoms with E-state index in [4.69, 9.17) is 4.74 Å². The highest BCUT2D eigenvalue weighted by molar-refractivity contribution is 5.92. The summed E-state index contributed by atoms with van der Waals surface area (Å²) < 4.78 is 5.15. The van der Waals surface area contributed by atoms with E-state index < -0.39 is 6.04 Å². The summed E-state index contributed by atoms with van der Waals surface area (Å²) in [6.07, 6.45) is 0.344. The second-order valence-corrected chi connectivity index (χ2v) is 6.74. The van der Waals surface area contributed by atoms with Crippen LogP contribution in [0.5, 0.6) is 5.75 Å². The van der Waals surface area contributed by atoms with Crippen molar-refractivity contribution in [1.29, 1.82) is 0 Å². The Balaban J connectivity index is 1.81. The van der Waals surface area contributed by atoms with E-state index in [0.717, 1.165) is 22.4 Å². The minimum atomic E-state index is -0.592. The van der Waals surface area contributed by atoms with Crippen LogP contribution in [0.25, 0.3) is 0 Å². The molecule has 0 saturated carbocycles. The van der Waals surface area contributed by atoms with Gasteiger partial charge in [-0.3, -0.25) is 9.59 Å². The van der Waals surface area contributed by atoms with Gasteiger partial charge in [0.25, 0.3) is 0 Å². The molecule has 2 amide bonds. The minimum absolute atomic E-state index is 0.0108. The van der Waals surface area contributed by atoms with E-state index >= 15 is 0 Å². The van der Waals surface area contributed by atoms with Crippen molar-refractivity contribution in [3.8, 4) is 5.75 Å². The number of nitrogens with one attached hydrogen (secondary N) is 1. The molecule has 0 saturated heterocycles. The first kappa shape index (κ1) is 18.0. The summed E-state index contributed by atoms with van der Waals surface area (Å²) in [5.41, 5.74) is 2.82. The van der Waals surface area contributed by atoms with Gasteiger partial charge in [0, 0.05) is 12.6 Å². The van der Waals surface area contributed by atoms with Crippen LogP contribution in [0.3, 0.4) is 0 Å². The lowest BCUT2D eigenvalue weighted by molar-refractivity contribution is -0.143. The zero-order valence-electron chi connectivity index (χ0n) is 15.4. The second kappa shape index (κ2) is 7.60. The van der Waals surface area contributed by atoms with Crippen LogP contribution in [0.15, 0.2) is 48.5 Å². The smallest absolute Gasteiger partial charge is 0.247 e. The Morgan fingerprint density at radius 3 is 2.54 bits per heavy atom. The number of hydrogen-bond acceptors (Lipinski definition) is 3. The van der Waals surface area contributed by atoms with Crippen LogP contribution in [-0.4, -0.2) is 29.9 Å². The van der Waals surface area contributed by atoms with Gasteiger partial charge in [-0.2, -0.15) is 0 Å². The van der Waals surface area contributed by atoms with Gasteiger partial charge in [-0.25, -0.2) is 0 Å². The maximum Gasteiger partial charge on any atom is 0.247 e. The molecular formula is C21H24N2O3. The zero-order valence-corrected chi connectivity index (χ0v) is 15.4. The Labute approximate surface area is 154 Å². The van der Waals surface area contributed by atoms with E-state index in [1.807, 2.05) is 62.4 Å². The number of carbonyl (C=O) groups is 2. The molecule has 5 heteroatoms. The third kappa shape index (κ3) is 3.57. The molecule has 5 nitrogen and oxygen atoms in total. The van der Waals surface area contributed by atoms with Crippen LogP contribution in [-0.2, 0) is 22.6 Å². The van der Waals surface area contributed by atoms with Crippen molar-refractivity contribution in [1.82, 2.24) is 10.2 Å². The number of amides is 2. The molecule has 2 aromatic rings. The van der Waals surface area contributed by atoms with Gasteiger partial charge in [-0.15, -0.1) is 0 Å². The molecule has 1 aliphatic heterocycles.